The Bertz CT molecular complexity index is 291. The van der Waals surface area contributed by atoms with E-state index < -0.39 is 0 Å². The van der Waals surface area contributed by atoms with Crippen molar-refractivity contribution < 1.29 is 9.53 Å². The minimum atomic E-state index is 0.151. The predicted octanol–water partition coefficient (Wildman–Crippen LogP) is 2.49. The number of carbonyl (C=O) groups excluding carboxylic acids is 1. The Morgan fingerprint density at radius 3 is 2.47 bits per heavy atom. The van der Waals surface area contributed by atoms with Gasteiger partial charge < -0.3 is 10.1 Å². The SMILES string of the molecule is CC(C)CC1NC(=O)CC12CC(C)OC(C)C2. The van der Waals surface area contributed by atoms with Crippen molar-refractivity contribution in [3.05, 3.63) is 0 Å². The first-order chi connectivity index (χ1) is 7.91. The Labute approximate surface area is 104 Å². The minimum absolute atomic E-state index is 0.151. The molecule has 3 atom stereocenters. The molecule has 2 aliphatic rings. The van der Waals surface area contributed by atoms with E-state index in [0.717, 1.165) is 19.3 Å². The molecule has 17 heavy (non-hydrogen) atoms. The van der Waals surface area contributed by atoms with E-state index in [1.54, 1.807) is 0 Å². The highest BCUT2D eigenvalue weighted by Gasteiger charge is 2.50. The molecule has 3 nitrogen and oxygen atoms in total. The van der Waals surface area contributed by atoms with E-state index in [4.69, 9.17) is 4.74 Å². The third kappa shape index (κ3) is 2.65. The van der Waals surface area contributed by atoms with Gasteiger partial charge in [-0.1, -0.05) is 13.8 Å². The molecule has 0 aromatic carbocycles. The van der Waals surface area contributed by atoms with Gasteiger partial charge in [0, 0.05) is 17.9 Å². The number of rotatable bonds is 2. The van der Waals surface area contributed by atoms with Crippen molar-refractivity contribution in [2.75, 3.05) is 0 Å². The van der Waals surface area contributed by atoms with Crippen molar-refractivity contribution in [1.29, 1.82) is 0 Å². The molecule has 1 N–H and O–H groups in total. The van der Waals surface area contributed by atoms with Gasteiger partial charge >= 0.3 is 0 Å². The van der Waals surface area contributed by atoms with E-state index in [1.165, 1.54) is 0 Å². The van der Waals surface area contributed by atoms with Crippen molar-refractivity contribution >= 4 is 5.91 Å². The number of ether oxygens (including phenoxy) is 1. The van der Waals surface area contributed by atoms with Gasteiger partial charge in [-0.05, 0) is 39.0 Å². The Morgan fingerprint density at radius 1 is 1.35 bits per heavy atom. The lowest BCUT2D eigenvalue weighted by Gasteiger charge is -2.43. The van der Waals surface area contributed by atoms with E-state index in [0.29, 0.717) is 18.4 Å². The third-order valence-corrected chi connectivity index (χ3v) is 4.15. The van der Waals surface area contributed by atoms with Crippen LogP contribution in [0.4, 0.5) is 0 Å². The molecular weight excluding hydrogens is 214 g/mol. The molecule has 2 rings (SSSR count). The Kier molecular flexibility index (Phi) is 3.48. The molecule has 0 radical (unpaired) electrons. The van der Waals surface area contributed by atoms with Crippen molar-refractivity contribution in [2.24, 2.45) is 11.3 Å². The van der Waals surface area contributed by atoms with E-state index in [1.807, 2.05) is 0 Å². The summed E-state index contributed by atoms with van der Waals surface area (Å²) in [5, 5.41) is 3.19. The fourth-order valence-corrected chi connectivity index (χ4v) is 3.77. The summed E-state index contributed by atoms with van der Waals surface area (Å²) in [5.74, 6) is 0.862. The maximum Gasteiger partial charge on any atom is 0.220 e. The smallest absolute Gasteiger partial charge is 0.220 e. The molecular formula is C14H25NO2. The summed E-state index contributed by atoms with van der Waals surface area (Å²) >= 11 is 0. The highest BCUT2D eigenvalue weighted by atomic mass is 16.5. The van der Waals surface area contributed by atoms with Crippen LogP contribution in [0, 0.1) is 11.3 Å². The summed E-state index contributed by atoms with van der Waals surface area (Å²) in [6.45, 7) is 8.72. The fourth-order valence-electron chi connectivity index (χ4n) is 3.77. The van der Waals surface area contributed by atoms with E-state index in [-0.39, 0.29) is 23.5 Å². The van der Waals surface area contributed by atoms with Crippen LogP contribution in [0.3, 0.4) is 0 Å². The topological polar surface area (TPSA) is 38.3 Å². The molecule has 0 aromatic heterocycles. The quantitative estimate of drug-likeness (QED) is 0.804. The number of hydrogen-bond acceptors (Lipinski definition) is 2. The summed E-state index contributed by atoms with van der Waals surface area (Å²) < 4.78 is 5.82. The van der Waals surface area contributed by atoms with E-state index >= 15 is 0 Å². The largest absolute Gasteiger partial charge is 0.376 e. The summed E-state index contributed by atoms with van der Waals surface area (Å²) in [7, 11) is 0. The van der Waals surface area contributed by atoms with E-state index in [9.17, 15) is 4.79 Å². The maximum atomic E-state index is 11.8. The molecule has 98 valence electrons. The van der Waals surface area contributed by atoms with Gasteiger partial charge in [0.05, 0.1) is 12.2 Å². The number of hydrogen-bond donors (Lipinski definition) is 1. The third-order valence-electron chi connectivity index (χ3n) is 4.15. The van der Waals surface area contributed by atoms with Gasteiger partial charge in [-0.3, -0.25) is 4.79 Å². The van der Waals surface area contributed by atoms with Crippen LogP contribution in [-0.4, -0.2) is 24.2 Å². The average Bonchev–Trinajstić information content (AvgIpc) is 2.38. The number of amides is 1. The van der Waals surface area contributed by atoms with Crippen LogP contribution in [0.2, 0.25) is 0 Å². The molecule has 0 saturated carbocycles. The van der Waals surface area contributed by atoms with Crippen LogP contribution in [-0.2, 0) is 9.53 Å². The minimum Gasteiger partial charge on any atom is -0.376 e. The summed E-state index contributed by atoms with van der Waals surface area (Å²) in [6.07, 6.45) is 4.39. The normalized spacial score (nSPS) is 42.2. The zero-order valence-corrected chi connectivity index (χ0v) is 11.5. The second-order valence-corrected chi connectivity index (χ2v) is 6.45. The highest BCUT2D eigenvalue weighted by molar-refractivity contribution is 5.80. The molecule has 3 heteroatoms. The second-order valence-electron chi connectivity index (χ2n) is 6.45. The standard InChI is InChI=1S/C14H25NO2/c1-9(2)5-12-14(8-13(16)15-12)6-10(3)17-11(4)7-14/h9-12H,5-8H2,1-4H3,(H,15,16). The Balaban J connectivity index is 2.17. The maximum absolute atomic E-state index is 11.8. The van der Waals surface area contributed by atoms with Crippen LogP contribution in [0.5, 0.6) is 0 Å². The summed E-state index contributed by atoms with van der Waals surface area (Å²) in [5.41, 5.74) is 0.151. The molecule has 1 amide bonds. The Morgan fingerprint density at radius 2 is 1.94 bits per heavy atom. The van der Waals surface area contributed by atoms with Crippen molar-refractivity contribution in [2.45, 2.75) is 71.6 Å². The highest BCUT2D eigenvalue weighted by Crippen LogP contribution is 2.47. The average molecular weight is 239 g/mol. The second kappa shape index (κ2) is 4.60. The van der Waals surface area contributed by atoms with Gasteiger partial charge in [-0.2, -0.15) is 0 Å². The predicted molar refractivity (Wildman–Crippen MR) is 67.7 cm³/mol. The zero-order chi connectivity index (χ0) is 12.6. The monoisotopic (exact) mass is 239 g/mol. The molecule has 2 aliphatic heterocycles. The summed E-state index contributed by atoms with van der Waals surface area (Å²) in [4.78, 5) is 11.8. The van der Waals surface area contributed by atoms with Crippen molar-refractivity contribution in [3.8, 4) is 0 Å². The number of nitrogens with one attached hydrogen (secondary N) is 1. The molecule has 0 aliphatic carbocycles. The lowest BCUT2D eigenvalue weighted by atomic mass is 9.68. The molecule has 3 unspecified atom stereocenters. The molecule has 2 fully saturated rings. The molecule has 2 heterocycles. The van der Waals surface area contributed by atoms with Gasteiger partial charge in [0.2, 0.25) is 5.91 Å². The van der Waals surface area contributed by atoms with Gasteiger partial charge in [-0.15, -0.1) is 0 Å². The van der Waals surface area contributed by atoms with Crippen LogP contribution in [0.15, 0.2) is 0 Å². The van der Waals surface area contributed by atoms with Gasteiger partial charge in [0.1, 0.15) is 0 Å². The summed E-state index contributed by atoms with van der Waals surface area (Å²) in [6, 6.07) is 0.351. The molecule has 0 bridgehead atoms. The van der Waals surface area contributed by atoms with Crippen molar-refractivity contribution in [3.63, 3.8) is 0 Å². The van der Waals surface area contributed by atoms with Crippen molar-refractivity contribution in [1.82, 2.24) is 5.32 Å². The first kappa shape index (κ1) is 12.9. The van der Waals surface area contributed by atoms with Gasteiger partial charge in [-0.25, -0.2) is 0 Å². The van der Waals surface area contributed by atoms with Crippen LogP contribution < -0.4 is 5.32 Å². The fraction of sp³-hybridized carbons (Fsp3) is 0.929. The zero-order valence-electron chi connectivity index (χ0n) is 11.5. The molecule has 0 aromatic rings. The Hall–Kier alpha value is -0.570. The molecule has 1 spiro atoms. The van der Waals surface area contributed by atoms with Gasteiger partial charge in [0.15, 0.2) is 0 Å². The van der Waals surface area contributed by atoms with Crippen LogP contribution in [0.1, 0.15) is 53.4 Å². The lowest BCUT2D eigenvalue weighted by molar-refractivity contribution is -0.121. The molecule has 2 saturated heterocycles. The first-order valence-corrected chi connectivity index (χ1v) is 6.86. The first-order valence-electron chi connectivity index (χ1n) is 6.86. The lowest BCUT2D eigenvalue weighted by Crippen LogP contribution is -2.46. The number of carbonyl (C=O) groups is 1. The van der Waals surface area contributed by atoms with E-state index in [2.05, 4.69) is 33.0 Å². The van der Waals surface area contributed by atoms with Crippen LogP contribution in [0.25, 0.3) is 0 Å². The van der Waals surface area contributed by atoms with Crippen LogP contribution >= 0.6 is 0 Å². The van der Waals surface area contributed by atoms with Gasteiger partial charge in [0.25, 0.3) is 0 Å².